The van der Waals surface area contributed by atoms with E-state index in [1.807, 2.05) is 41.1 Å². The van der Waals surface area contributed by atoms with Crippen LogP contribution in [0.2, 0.25) is 0 Å². The Morgan fingerprint density at radius 3 is 2.70 bits per heavy atom. The highest BCUT2D eigenvalue weighted by Crippen LogP contribution is 2.35. The van der Waals surface area contributed by atoms with Crippen molar-refractivity contribution in [3.05, 3.63) is 60.1 Å². The Hall–Kier alpha value is -3.63. The first-order chi connectivity index (χ1) is 16.0. The van der Waals surface area contributed by atoms with Gasteiger partial charge in [0, 0.05) is 17.8 Å². The molecule has 1 aliphatic rings. The van der Waals surface area contributed by atoms with Crippen molar-refractivity contribution >= 4 is 16.7 Å². The molecule has 0 atom stereocenters. The number of nitrogens with zero attached hydrogens (tertiary/aromatic N) is 4. The van der Waals surface area contributed by atoms with Gasteiger partial charge < -0.3 is 14.8 Å². The zero-order valence-corrected chi connectivity index (χ0v) is 18.8. The van der Waals surface area contributed by atoms with Crippen LogP contribution in [-0.4, -0.2) is 32.0 Å². The highest BCUT2D eigenvalue weighted by atomic mass is 16.3. The molecule has 0 aliphatic heterocycles. The lowest BCUT2D eigenvalue weighted by molar-refractivity contribution is 0.126. The lowest BCUT2D eigenvalue weighted by atomic mass is 9.93. The monoisotopic (exact) mass is 441 g/mol. The Balaban J connectivity index is 1.61. The highest BCUT2D eigenvalue weighted by Gasteiger charge is 2.23. The molecule has 1 fully saturated rings. The first kappa shape index (κ1) is 21.2. The van der Waals surface area contributed by atoms with Crippen LogP contribution < -0.4 is 5.32 Å². The number of hydrogen-bond acceptors (Lipinski definition) is 6. The fourth-order valence-electron chi connectivity index (χ4n) is 4.61. The first-order valence-corrected chi connectivity index (χ1v) is 11.5. The van der Waals surface area contributed by atoms with E-state index in [4.69, 9.17) is 9.52 Å². The summed E-state index contributed by atoms with van der Waals surface area (Å²) in [7, 11) is 0. The number of furan rings is 1. The van der Waals surface area contributed by atoms with Gasteiger partial charge in [0.2, 0.25) is 0 Å². The number of benzene rings is 1. The van der Waals surface area contributed by atoms with Crippen LogP contribution in [0.3, 0.4) is 0 Å². The molecule has 5 rings (SSSR count). The molecule has 7 nitrogen and oxygen atoms in total. The van der Waals surface area contributed by atoms with Crippen molar-refractivity contribution in [2.24, 2.45) is 0 Å². The van der Waals surface area contributed by atoms with E-state index < -0.39 is 0 Å². The molecule has 0 bridgehead atoms. The maximum Gasteiger partial charge on any atom is 0.163 e. The van der Waals surface area contributed by atoms with Crippen molar-refractivity contribution in [2.45, 2.75) is 57.6 Å². The molecular formula is C26H27N5O2. The van der Waals surface area contributed by atoms with Crippen LogP contribution in [0.15, 0.2) is 53.3 Å². The zero-order chi connectivity index (χ0) is 22.9. The average Bonchev–Trinajstić information content (AvgIpc) is 3.49. The normalized spacial score (nSPS) is 18.5. The van der Waals surface area contributed by atoms with Crippen LogP contribution >= 0.6 is 0 Å². The van der Waals surface area contributed by atoms with E-state index in [9.17, 15) is 10.4 Å². The molecule has 4 aromatic rings. The predicted molar refractivity (Wildman–Crippen MR) is 127 cm³/mol. The number of aromatic nitrogens is 3. The molecule has 1 saturated carbocycles. The summed E-state index contributed by atoms with van der Waals surface area (Å²) in [6.45, 7) is 4.24. The standard InChI is InChI=1S/C26H27N5O2/c1-16(2)25-24-21(23-4-3-13-33-23)11-12-28-26(24)31(30-25)19-8-5-17(15-27)22(14-19)29-18-6-9-20(32)10-7-18/h3-5,8,11-14,16,18,20,29,32H,6-7,9-10H2,1-2H3. The number of nitriles is 1. The molecule has 2 N–H and O–H groups in total. The SMILES string of the molecule is CC(C)c1nn(-c2ccc(C#N)c(NC3CCC(O)CC3)c2)c2nccc(-c3ccco3)c12. The summed E-state index contributed by atoms with van der Waals surface area (Å²) in [6.07, 6.45) is 6.55. The summed E-state index contributed by atoms with van der Waals surface area (Å²) in [6, 6.07) is 14.0. The van der Waals surface area contributed by atoms with Crippen LogP contribution in [0.25, 0.3) is 28.0 Å². The van der Waals surface area contributed by atoms with Gasteiger partial charge in [-0.15, -0.1) is 0 Å². The van der Waals surface area contributed by atoms with Crippen LogP contribution in [0.5, 0.6) is 0 Å². The third-order valence-corrected chi connectivity index (χ3v) is 6.35. The minimum atomic E-state index is -0.218. The summed E-state index contributed by atoms with van der Waals surface area (Å²) >= 11 is 0. The smallest absolute Gasteiger partial charge is 0.163 e. The maximum atomic E-state index is 9.82. The number of pyridine rings is 1. The van der Waals surface area contributed by atoms with E-state index >= 15 is 0 Å². The lowest BCUT2D eigenvalue weighted by Crippen LogP contribution is -2.28. The Labute approximate surface area is 192 Å². The third-order valence-electron chi connectivity index (χ3n) is 6.35. The predicted octanol–water partition coefficient (Wildman–Crippen LogP) is 5.39. The van der Waals surface area contributed by atoms with Crippen molar-refractivity contribution in [1.82, 2.24) is 14.8 Å². The summed E-state index contributed by atoms with van der Waals surface area (Å²) in [5.74, 6) is 0.974. The van der Waals surface area contributed by atoms with Crippen LogP contribution in [0.1, 0.15) is 56.7 Å². The Morgan fingerprint density at radius 2 is 2.00 bits per heavy atom. The molecular weight excluding hydrogens is 414 g/mol. The first-order valence-electron chi connectivity index (χ1n) is 11.5. The molecule has 7 heteroatoms. The molecule has 0 amide bonds. The fraction of sp³-hybridized carbons (Fsp3) is 0.346. The van der Waals surface area contributed by atoms with Crippen molar-refractivity contribution in [3.63, 3.8) is 0 Å². The Kier molecular flexibility index (Phi) is 5.61. The average molecular weight is 442 g/mol. The molecule has 33 heavy (non-hydrogen) atoms. The van der Waals surface area contributed by atoms with Gasteiger partial charge in [-0.1, -0.05) is 13.8 Å². The summed E-state index contributed by atoms with van der Waals surface area (Å²) in [5.41, 5.74) is 4.89. The highest BCUT2D eigenvalue weighted by molar-refractivity contribution is 5.94. The second-order valence-electron chi connectivity index (χ2n) is 8.98. The molecule has 3 heterocycles. The summed E-state index contributed by atoms with van der Waals surface area (Å²) < 4.78 is 7.55. The van der Waals surface area contributed by atoms with Gasteiger partial charge in [0.25, 0.3) is 0 Å². The number of aliphatic hydroxyl groups is 1. The Morgan fingerprint density at radius 1 is 1.18 bits per heavy atom. The Bertz CT molecular complexity index is 1310. The number of nitrogens with one attached hydrogen (secondary N) is 1. The summed E-state index contributed by atoms with van der Waals surface area (Å²) in [4.78, 5) is 4.67. The van der Waals surface area contributed by atoms with Gasteiger partial charge in [-0.3, -0.25) is 0 Å². The van der Waals surface area contributed by atoms with Gasteiger partial charge in [0.15, 0.2) is 5.65 Å². The van der Waals surface area contributed by atoms with E-state index in [2.05, 4.69) is 30.2 Å². The fourth-order valence-corrected chi connectivity index (χ4v) is 4.61. The zero-order valence-electron chi connectivity index (χ0n) is 18.8. The molecule has 0 saturated heterocycles. The lowest BCUT2D eigenvalue weighted by Gasteiger charge is -2.27. The molecule has 0 spiro atoms. The molecule has 1 aliphatic carbocycles. The van der Waals surface area contributed by atoms with Crippen LogP contribution in [-0.2, 0) is 0 Å². The number of aliphatic hydroxyl groups excluding tert-OH is 1. The van der Waals surface area contributed by atoms with Gasteiger partial charge in [-0.05, 0) is 68.0 Å². The van der Waals surface area contributed by atoms with Gasteiger partial charge in [-0.25, -0.2) is 9.67 Å². The topological polar surface area (TPSA) is 99.9 Å². The van der Waals surface area contributed by atoms with Crippen molar-refractivity contribution < 1.29 is 9.52 Å². The summed E-state index contributed by atoms with van der Waals surface area (Å²) in [5, 5.41) is 28.9. The van der Waals surface area contributed by atoms with E-state index in [1.54, 1.807) is 12.5 Å². The number of rotatable bonds is 5. The van der Waals surface area contributed by atoms with Crippen molar-refractivity contribution in [1.29, 1.82) is 5.26 Å². The number of hydrogen-bond donors (Lipinski definition) is 2. The van der Waals surface area contributed by atoms with Gasteiger partial charge >= 0.3 is 0 Å². The van der Waals surface area contributed by atoms with E-state index in [-0.39, 0.29) is 18.1 Å². The molecule has 0 unspecified atom stereocenters. The van der Waals surface area contributed by atoms with Crippen LogP contribution in [0, 0.1) is 11.3 Å². The third kappa shape index (κ3) is 3.98. The second kappa shape index (κ2) is 8.72. The van der Waals surface area contributed by atoms with Gasteiger partial charge in [0.05, 0.1) is 40.4 Å². The number of fused-ring (bicyclic) bond motifs is 1. The van der Waals surface area contributed by atoms with E-state index in [0.29, 0.717) is 5.56 Å². The van der Waals surface area contributed by atoms with Crippen molar-refractivity contribution in [3.8, 4) is 23.1 Å². The molecule has 0 radical (unpaired) electrons. The largest absolute Gasteiger partial charge is 0.464 e. The van der Waals surface area contributed by atoms with Gasteiger partial charge in [-0.2, -0.15) is 10.4 Å². The molecule has 1 aromatic carbocycles. The molecule has 168 valence electrons. The van der Waals surface area contributed by atoms with Gasteiger partial charge in [0.1, 0.15) is 11.8 Å². The van der Waals surface area contributed by atoms with E-state index in [0.717, 1.165) is 65.1 Å². The minimum Gasteiger partial charge on any atom is -0.464 e. The molecule has 3 aromatic heterocycles. The quantitative estimate of drug-likeness (QED) is 0.431. The minimum absolute atomic E-state index is 0.191. The second-order valence-corrected chi connectivity index (χ2v) is 8.98. The van der Waals surface area contributed by atoms with Crippen LogP contribution in [0.4, 0.5) is 5.69 Å². The number of anilines is 1. The van der Waals surface area contributed by atoms with Crippen molar-refractivity contribution in [2.75, 3.05) is 5.32 Å². The maximum absolute atomic E-state index is 9.82. The van der Waals surface area contributed by atoms with E-state index in [1.165, 1.54) is 0 Å².